The molecule has 1 aromatic heterocycles. The van der Waals surface area contributed by atoms with Crippen molar-refractivity contribution in [1.82, 2.24) is 25.4 Å². The molecule has 3 rings (SSSR count). The van der Waals surface area contributed by atoms with Gasteiger partial charge in [-0.05, 0) is 19.1 Å². The molecule has 1 aromatic carbocycles. The van der Waals surface area contributed by atoms with Crippen LogP contribution >= 0.6 is 11.8 Å². The van der Waals surface area contributed by atoms with Crippen molar-refractivity contribution in [3.8, 4) is 11.4 Å². The first kappa shape index (κ1) is 15.5. The highest BCUT2D eigenvalue weighted by molar-refractivity contribution is 8.00. The lowest BCUT2D eigenvalue weighted by atomic mass is 10.2. The number of thioether (sulfide) groups is 1. The Labute approximate surface area is 135 Å². The van der Waals surface area contributed by atoms with E-state index in [-0.39, 0.29) is 11.9 Å². The van der Waals surface area contributed by atoms with Gasteiger partial charge in [-0.1, -0.05) is 23.9 Å². The quantitative estimate of drug-likeness (QED) is 0.829. The largest absolute Gasteiger partial charge is 0.336 e. The van der Waals surface area contributed by atoms with Gasteiger partial charge in [-0.3, -0.25) is 14.8 Å². The number of aromatic amines is 1. The van der Waals surface area contributed by atoms with Crippen molar-refractivity contribution < 1.29 is 14.0 Å². The molecule has 1 atom stereocenters. The normalized spacial score (nSPS) is 15.6. The van der Waals surface area contributed by atoms with Gasteiger partial charge in [-0.2, -0.15) is 0 Å². The molecule has 1 aliphatic heterocycles. The van der Waals surface area contributed by atoms with Crippen LogP contribution in [0.2, 0.25) is 0 Å². The van der Waals surface area contributed by atoms with Crippen molar-refractivity contribution in [3.05, 3.63) is 30.1 Å². The zero-order chi connectivity index (χ0) is 16.4. The molecule has 0 bridgehead atoms. The number of halogens is 1. The van der Waals surface area contributed by atoms with Crippen LogP contribution in [0, 0.1) is 5.82 Å². The second-order valence-corrected chi connectivity index (χ2v) is 6.24. The number of urea groups is 1. The number of hydrogen-bond donors (Lipinski definition) is 2. The van der Waals surface area contributed by atoms with Gasteiger partial charge in [0.25, 0.3) is 0 Å². The number of carbonyl (C=O) groups is 2. The standard InChI is InChI=1S/C14H14FN5O2S/c1-8(12(21)20-7-6-16-14(20)22)23-13-17-11(18-19-13)9-4-2-3-5-10(9)15/h2-5,8H,6-7H2,1H3,(H,16,22)(H,17,18,19)/t8-/m0/s1. The van der Waals surface area contributed by atoms with Crippen LogP contribution in [-0.4, -0.2) is 50.4 Å². The summed E-state index contributed by atoms with van der Waals surface area (Å²) in [4.78, 5) is 29.1. The molecule has 120 valence electrons. The number of aromatic nitrogens is 3. The Balaban J connectivity index is 1.70. The van der Waals surface area contributed by atoms with Crippen LogP contribution in [-0.2, 0) is 4.79 Å². The third-order valence-electron chi connectivity index (χ3n) is 3.35. The first-order valence-corrected chi connectivity index (χ1v) is 7.87. The summed E-state index contributed by atoms with van der Waals surface area (Å²) in [6.07, 6.45) is 0. The molecule has 0 saturated carbocycles. The van der Waals surface area contributed by atoms with Gasteiger partial charge in [0, 0.05) is 13.1 Å². The fraction of sp³-hybridized carbons (Fsp3) is 0.286. The smallest absolute Gasteiger partial charge is 0.324 e. The summed E-state index contributed by atoms with van der Waals surface area (Å²) < 4.78 is 13.7. The summed E-state index contributed by atoms with van der Waals surface area (Å²) in [7, 11) is 0. The number of rotatable bonds is 4. The minimum atomic E-state index is -0.525. The minimum Gasteiger partial charge on any atom is -0.336 e. The number of hydrogen-bond acceptors (Lipinski definition) is 5. The van der Waals surface area contributed by atoms with Crippen LogP contribution < -0.4 is 5.32 Å². The number of imide groups is 1. The Morgan fingerprint density at radius 3 is 2.91 bits per heavy atom. The second-order valence-electron chi connectivity index (χ2n) is 4.93. The molecular formula is C14H14FN5O2S. The van der Waals surface area contributed by atoms with Gasteiger partial charge in [0.05, 0.1) is 10.8 Å². The monoisotopic (exact) mass is 335 g/mol. The average Bonchev–Trinajstić information content (AvgIpc) is 3.16. The molecule has 7 nitrogen and oxygen atoms in total. The number of H-pyrrole nitrogens is 1. The minimum absolute atomic E-state index is 0.296. The van der Waals surface area contributed by atoms with Crippen LogP contribution in [0.15, 0.2) is 29.4 Å². The first-order chi connectivity index (χ1) is 11.1. The van der Waals surface area contributed by atoms with Crippen LogP contribution in [0.1, 0.15) is 6.92 Å². The zero-order valence-corrected chi connectivity index (χ0v) is 13.1. The molecule has 1 aliphatic rings. The molecule has 0 unspecified atom stereocenters. The predicted molar refractivity (Wildman–Crippen MR) is 82.2 cm³/mol. The maximum absolute atomic E-state index is 13.7. The third-order valence-corrected chi connectivity index (χ3v) is 4.30. The molecule has 0 radical (unpaired) electrons. The zero-order valence-electron chi connectivity index (χ0n) is 12.2. The van der Waals surface area contributed by atoms with Gasteiger partial charge >= 0.3 is 6.03 Å². The molecule has 1 saturated heterocycles. The van der Waals surface area contributed by atoms with E-state index in [4.69, 9.17) is 0 Å². The van der Waals surface area contributed by atoms with E-state index in [0.717, 1.165) is 11.8 Å². The van der Waals surface area contributed by atoms with Gasteiger partial charge in [0.1, 0.15) is 5.82 Å². The molecule has 2 N–H and O–H groups in total. The van der Waals surface area contributed by atoms with Crippen LogP contribution in [0.5, 0.6) is 0 Å². The molecule has 3 amide bonds. The summed E-state index contributed by atoms with van der Waals surface area (Å²) in [5, 5.41) is 9.03. The van der Waals surface area contributed by atoms with Gasteiger partial charge in [0.15, 0.2) is 5.82 Å². The van der Waals surface area contributed by atoms with Crippen LogP contribution in [0.3, 0.4) is 0 Å². The Morgan fingerprint density at radius 2 is 2.22 bits per heavy atom. The molecular weight excluding hydrogens is 321 g/mol. The Bertz CT molecular complexity index is 750. The molecule has 9 heteroatoms. The van der Waals surface area contributed by atoms with E-state index in [0.29, 0.717) is 29.6 Å². The van der Waals surface area contributed by atoms with Crippen LogP contribution in [0.25, 0.3) is 11.4 Å². The number of amides is 3. The Kier molecular flexibility index (Phi) is 4.28. The lowest BCUT2D eigenvalue weighted by molar-refractivity contribution is -0.126. The van der Waals surface area contributed by atoms with Gasteiger partial charge in [-0.25, -0.2) is 14.2 Å². The molecule has 2 heterocycles. The van der Waals surface area contributed by atoms with Gasteiger partial charge < -0.3 is 5.32 Å². The fourth-order valence-electron chi connectivity index (χ4n) is 2.18. The van der Waals surface area contributed by atoms with E-state index >= 15 is 0 Å². The van der Waals surface area contributed by atoms with Crippen LogP contribution in [0.4, 0.5) is 9.18 Å². The van der Waals surface area contributed by atoms with E-state index in [9.17, 15) is 14.0 Å². The Morgan fingerprint density at radius 1 is 1.43 bits per heavy atom. The molecule has 0 aliphatic carbocycles. The lowest BCUT2D eigenvalue weighted by Gasteiger charge is -2.15. The highest BCUT2D eigenvalue weighted by Crippen LogP contribution is 2.25. The number of nitrogens with one attached hydrogen (secondary N) is 2. The van der Waals surface area contributed by atoms with E-state index in [1.807, 2.05) is 0 Å². The van der Waals surface area contributed by atoms with Gasteiger partial charge in [0.2, 0.25) is 11.1 Å². The fourth-order valence-corrected chi connectivity index (χ4v) is 2.97. The number of nitrogens with zero attached hydrogens (tertiary/aromatic N) is 3. The first-order valence-electron chi connectivity index (χ1n) is 6.99. The SMILES string of the molecule is C[C@H](Sc1n[nH]c(-c2ccccc2F)n1)C(=O)N1CCNC1=O. The van der Waals surface area contributed by atoms with Crippen molar-refractivity contribution in [2.45, 2.75) is 17.3 Å². The van der Waals surface area contributed by atoms with E-state index in [1.165, 1.54) is 11.0 Å². The summed E-state index contributed by atoms with van der Waals surface area (Å²) in [6.45, 7) is 2.49. The third kappa shape index (κ3) is 3.19. The lowest BCUT2D eigenvalue weighted by Crippen LogP contribution is -2.38. The predicted octanol–water partition coefficient (Wildman–Crippen LogP) is 1.64. The highest BCUT2D eigenvalue weighted by Gasteiger charge is 2.30. The summed E-state index contributed by atoms with van der Waals surface area (Å²) in [6, 6.07) is 5.83. The molecule has 0 spiro atoms. The topological polar surface area (TPSA) is 91.0 Å². The maximum Gasteiger partial charge on any atom is 0.324 e. The van der Waals surface area contributed by atoms with Crippen molar-refractivity contribution in [2.24, 2.45) is 0 Å². The summed E-state index contributed by atoms with van der Waals surface area (Å²) >= 11 is 1.11. The highest BCUT2D eigenvalue weighted by atomic mass is 32.2. The van der Waals surface area contributed by atoms with Crippen molar-refractivity contribution >= 4 is 23.7 Å². The number of benzene rings is 1. The Hall–Kier alpha value is -2.42. The summed E-state index contributed by atoms with van der Waals surface area (Å²) in [5.41, 5.74) is 0.310. The van der Waals surface area contributed by atoms with Crippen molar-refractivity contribution in [1.29, 1.82) is 0 Å². The molecule has 1 fully saturated rings. The average molecular weight is 335 g/mol. The van der Waals surface area contributed by atoms with Crippen molar-refractivity contribution in [2.75, 3.05) is 13.1 Å². The second kappa shape index (κ2) is 6.37. The maximum atomic E-state index is 13.7. The number of carbonyl (C=O) groups excluding carboxylic acids is 2. The van der Waals surface area contributed by atoms with Gasteiger partial charge in [-0.15, -0.1) is 5.10 Å². The molecule has 2 aromatic rings. The van der Waals surface area contributed by atoms with Crippen molar-refractivity contribution in [3.63, 3.8) is 0 Å². The molecule has 23 heavy (non-hydrogen) atoms. The van der Waals surface area contributed by atoms with E-state index in [1.54, 1.807) is 25.1 Å². The van der Waals surface area contributed by atoms with E-state index in [2.05, 4.69) is 20.5 Å². The van der Waals surface area contributed by atoms with E-state index < -0.39 is 11.1 Å². The summed E-state index contributed by atoms with van der Waals surface area (Å²) in [5.74, 6) is -0.413.